The van der Waals surface area contributed by atoms with Gasteiger partial charge in [-0.05, 0) is 12.5 Å². The summed E-state index contributed by atoms with van der Waals surface area (Å²) in [5.41, 5.74) is 7.06. The summed E-state index contributed by atoms with van der Waals surface area (Å²) in [4.78, 5) is 30.2. The first-order valence-corrected chi connectivity index (χ1v) is 9.80. The molecule has 0 aliphatic carbocycles. The van der Waals surface area contributed by atoms with Crippen LogP contribution in [0.2, 0.25) is 0 Å². The topological polar surface area (TPSA) is 104 Å². The van der Waals surface area contributed by atoms with Crippen LogP contribution in [-0.2, 0) is 17.8 Å². The zero-order valence-corrected chi connectivity index (χ0v) is 16.7. The molecule has 1 aromatic carbocycles. The molecule has 0 saturated heterocycles. The van der Waals surface area contributed by atoms with Crippen molar-refractivity contribution in [1.82, 2.24) is 14.1 Å². The van der Waals surface area contributed by atoms with Crippen molar-refractivity contribution in [3.05, 3.63) is 62.1 Å². The van der Waals surface area contributed by atoms with Crippen LogP contribution in [0.1, 0.15) is 12.5 Å². The third-order valence-electron chi connectivity index (χ3n) is 4.31. The molecule has 3 rings (SSSR count). The van der Waals surface area contributed by atoms with Crippen molar-refractivity contribution >= 4 is 22.3 Å². The van der Waals surface area contributed by atoms with Crippen molar-refractivity contribution in [2.45, 2.75) is 20.0 Å². The van der Waals surface area contributed by atoms with Gasteiger partial charge in [0.1, 0.15) is 11.4 Å². The molecule has 0 amide bonds. The maximum Gasteiger partial charge on any atom is 0.332 e. The van der Waals surface area contributed by atoms with Gasteiger partial charge < -0.3 is 15.8 Å². The fourth-order valence-corrected chi connectivity index (χ4v) is 3.61. The second-order valence-corrected chi connectivity index (χ2v) is 6.98. The molecule has 0 aliphatic rings. The second kappa shape index (κ2) is 8.85. The third-order valence-corrected chi connectivity index (χ3v) is 5.11. The quantitative estimate of drug-likeness (QED) is 0.558. The smallest absolute Gasteiger partial charge is 0.332 e. The van der Waals surface area contributed by atoms with E-state index in [2.05, 4.69) is 10.3 Å². The summed E-state index contributed by atoms with van der Waals surface area (Å²) >= 11 is 1.37. The summed E-state index contributed by atoms with van der Waals surface area (Å²) in [7, 11) is 1.62. The van der Waals surface area contributed by atoms with E-state index in [1.54, 1.807) is 19.4 Å². The van der Waals surface area contributed by atoms with Crippen LogP contribution in [-0.4, -0.2) is 34.4 Å². The Balaban J connectivity index is 2.07. The van der Waals surface area contributed by atoms with Crippen molar-refractivity contribution in [2.75, 3.05) is 31.3 Å². The van der Waals surface area contributed by atoms with Gasteiger partial charge in [-0.15, -0.1) is 11.3 Å². The second-order valence-electron chi connectivity index (χ2n) is 6.12. The standard InChI is InChI=1S/C19H23N5O3S/c1-3-23-17(25)15(14-12-28-18(22-14)21-9-10-27-2)16(20)24(19(23)26)11-13-7-5-4-6-8-13/h4-8,12H,3,9-11,20H2,1-2H3,(H,21,22). The SMILES string of the molecule is CCn1c(=O)c(-c2csc(NCCOC)n2)c(N)n(Cc2ccccc2)c1=O. The number of hydrogen-bond acceptors (Lipinski definition) is 7. The van der Waals surface area contributed by atoms with Crippen molar-refractivity contribution in [1.29, 1.82) is 0 Å². The largest absolute Gasteiger partial charge is 0.384 e. The van der Waals surface area contributed by atoms with Crippen LogP contribution in [0.5, 0.6) is 0 Å². The van der Waals surface area contributed by atoms with Gasteiger partial charge in [0.15, 0.2) is 5.13 Å². The number of hydrogen-bond donors (Lipinski definition) is 2. The third kappa shape index (κ3) is 4.00. The molecular formula is C19H23N5O3S. The molecule has 2 heterocycles. The van der Waals surface area contributed by atoms with Gasteiger partial charge >= 0.3 is 5.69 Å². The minimum absolute atomic E-state index is 0.122. The van der Waals surface area contributed by atoms with E-state index in [0.717, 1.165) is 5.56 Å². The Labute approximate surface area is 166 Å². The fourth-order valence-electron chi connectivity index (χ4n) is 2.88. The first kappa shape index (κ1) is 19.8. The number of nitrogens with two attached hydrogens (primary N) is 1. The number of nitrogens with zero attached hydrogens (tertiary/aromatic N) is 3. The van der Waals surface area contributed by atoms with Crippen molar-refractivity contribution in [3.63, 3.8) is 0 Å². The van der Waals surface area contributed by atoms with Gasteiger partial charge in [0, 0.05) is 25.6 Å². The molecule has 8 nitrogen and oxygen atoms in total. The van der Waals surface area contributed by atoms with E-state index in [-0.39, 0.29) is 24.5 Å². The Morgan fingerprint density at radius 2 is 1.96 bits per heavy atom. The number of nitrogens with one attached hydrogen (secondary N) is 1. The Morgan fingerprint density at radius 1 is 1.21 bits per heavy atom. The normalized spacial score (nSPS) is 10.9. The number of thiazole rings is 1. The van der Waals surface area contributed by atoms with E-state index in [0.29, 0.717) is 24.0 Å². The summed E-state index contributed by atoms with van der Waals surface area (Å²) in [6.07, 6.45) is 0. The highest BCUT2D eigenvalue weighted by Crippen LogP contribution is 2.26. The van der Waals surface area contributed by atoms with Gasteiger partial charge in [0.05, 0.1) is 18.8 Å². The number of aromatic nitrogens is 3. The van der Waals surface area contributed by atoms with E-state index in [4.69, 9.17) is 10.5 Å². The highest BCUT2D eigenvalue weighted by Gasteiger charge is 2.20. The molecule has 0 unspecified atom stereocenters. The fraction of sp³-hybridized carbons (Fsp3) is 0.316. The van der Waals surface area contributed by atoms with Gasteiger partial charge in [-0.2, -0.15) is 0 Å². The minimum atomic E-state index is -0.428. The summed E-state index contributed by atoms with van der Waals surface area (Å²) in [5, 5.41) is 5.56. The van der Waals surface area contributed by atoms with Crippen LogP contribution in [0, 0.1) is 0 Å². The van der Waals surface area contributed by atoms with Crippen LogP contribution >= 0.6 is 11.3 Å². The van der Waals surface area contributed by atoms with E-state index in [1.165, 1.54) is 20.5 Å². The summed E-state index contributed by atoms with van der Waals surface area (Å²) in [6.45, 7) is 3.44. The van der Waals surface area contributed by atoms with Crippen molar-refractivity contribution in [2.24, 2.45) is 0 Å². The van der Waals surface area contributed by atoms with Crippen LogP contribution in [0.25, 0.3) is 11.3 Å². The Bertz CT molecular complexity index is 1060. The van der Waals surface area contributed by atoms with Gasteiger partial charge in [0.2, 0.25) is 0 Å². The Kier molecular flexibility index (Phi) is 6.27. The molecule has 0 atom stereocenters. The highest BCUT2D eigenvalue weighted by molar-refractivity contribution is 7.14. The molecule has 0 saturated carbocycles. The number of rotatable bonds is 8. The average molecular weight is 401 g/mol. The van der Waals surface area contributed by atoms with Crippen LogP contribution in [0.15, 0.2) is 45.3 Å². The molecular weight excluding hydrogens is 378 g/mol. The van der Waals surface area contributed by atoms with Crippen LogP contribution in [0.3, 0.4) is 0 Å². The number of benzene rings is 1. The maximum atomic E-state index is 12.9. The summed E-state index contributed by atoms with van der Waals surface area (Å²) in [6, 6.07) is 9.51. The number of anilines is 2. The van der Waals surface area contributed by atoms with Crippen LogP contribution in [0.4, 0.5) is 10.9 Å². The molecule has 2 aromatic heterocycles. The van der Waals surface area contributed by atoms with Gasteiger partial charge in [-0.25, -0.2) is 9.78 Å². The number of nitrogen functional groups attached to an aromatic ring is 1. The summed E-state index contributed by atoms with van der Waals surface area (Å²) in [5.74, 6) is 0.122. The maximum absolute atomic E-state index is 12.9. The van der Waals surface area contributed by atoms with Crippen molar-refractivity contribution < 1.29 is 4.74 Å². The predicted molar refractivity (Wildman–Crippen MR) is 112 cm³/mol. The Morgan fingerprint density at radius 3 is 2.64 bits per heavy atom. The molecule has 0 radical (unpaired) electrons. The lowest BCUT2D eigenvalue weighted by Gasteiger charge is -2.15. The molecule has 0 bridgehead atoms. The zero-order chi connectivity index (χ0) is 20.1. The zero-order valence-electron chi connectivity index (χ0n) is 15.8. The number of ether oxygens (including phenoxy) is 1. The summed E-state index contributed by atoms with van der Waals surface area (Å²) < 4.78 is 7.62. The highest BCUT2D eigenvalue weighted by atomic mass is 32.1. The van der Waals surface area contributed by atoms with Crippen molar-refractivity contribution in [3.8, 4) is 11.3 Å². The molecule has 3 N–H and O–H groups in total. The molecule has 28 heavy (non-hydrogen) atoms. The molecule has 3 aromatic rings. The van der Waals surface area contributed by atoms with Gasteiger partial charge in [-0.1, -0.05) is 30.3 Å². The average Bonchev–Trinajstić information content (AvgIpc) is 3.15. The molecule has 9 heteroatoms. The van der Waals surface area contributed by atoms with Crippen LogP contribution < -0.4 is 22.3 Å². The van der Waals surface area contributed by atoms with E-state index in [9.17, 15) is 9.59 Å². The molecule has 0 aliphatic heterocycles. The van der Waals surface area contributed by atoms with Gasteiger partial charge in [0.25, 0.3) is 5.56 Å². The lowest BCUT2D eigenvalue weighted by Crippen LogP contribution is -2.41. The van der Waals surface area contributed by atoms with Gasteiger partial charge in [-0.3, -0.25) is 13.9 Å². The minimum Gasteiger partial charge on any atom is -0.384 e. The monoisotopic (exact) mass is 401 g/mol. The first-order chi connectivity index (χ1) is 13.6. The lowest BCUT2D eigenvalue weighted by atomic mass is 10.2. The molecule has 0 spiro atoms. The first-order valence-electron chi connectivity index (χ1n) is 8.92. The molecule has 0 fully saturated rings. The van der Waals surface area contributed by atoms with E-state index < -0.39 is 11.2 Å². The molecule has 148 valence electrons. The Hall–Kier alpha value is -2.91. The predicted octanol–water partition coefficient (Wildman–Crippen LogP) is 1.84. The van der Waals surface area contributed by atoms with E-state index in [1.807, 2.05) is 30.3 Å². The van der Waals surface area contributed by atoms with E-state index >= 15 is 0 Å². The number of methoxy groups -OCH3 is 1. The lowest BCUT2D eigenvalue weighted by molar-refractivity contribution is 0.211.